The zero-order chi connectivity index (χ0) is 18.9. The summed E-state index contributed by atoms with van der Waals surface area (Å²) in [6, 6.07) is 10.4. The van der Waals surface area contributed by atoms with Crippen molar-refractivity contribution in [2.24, 2.45) is 0 Å². The van der Waals surface area contributed by atoms with E-state index in [1.165, 1.54) is 5.56 Å². The molecule has 6 heteroatoms. The van der Waals surface area contributed by atoms with E-state index in [-0.39, 0.29) is 5.91 Å². The summed E-state index contributed by atoms with van der Waals surface area (Å²) in [5.41, 5.74) is 1.24. The van der Waals surface area contributed by atoms with Crippen molar-refractivity contribution >= 4 is 18.4 Å². The second-order valence-electron chi connectivity index (χ2n) is 7.23. The van der Waals surface area contributed by atoms with Gasteiger partial charge in [-0.1, -0.05) is 42.5 Å². The smallest absolute Gasteiger partial charge is 0.223 e. The molecule has 0 N–H and O–H groups in total. The molecule has 3 rings (SSSR count). The molecule has 0 unspecified atom stereocenters. The van der Waals surface area contributed by atoms with E-state index in [1.807, 2.05) is 11.0 Å². The van der Waals surface area contributed by atoms with Gasteiger partial charge in [0, 0.05) is 71.9 Å². The number of rotatable bonds is 7. The molecule has 27 heavy (non-hydrogen) atoms. The van der Waals surface area contributed by atoms with Gasteiger partial charge < -0.3 is 14.7 Å². The molecule has 2 aliphatic rings. The maximum atomic E-state index is 12.3. The molecular formula is C21H30N4O2. The maximum Gasteiger partial charge on any atom is 0.223 e. The number of hydrogen-bond acceptors (Lipinski definition) is 4. The van der Waals surface area contributed by atoms with E-state index in [0.717, 1.165) is 45.7 Å². The molecule has 0 atom stereocenters. The fourth-order valence-corrected chi connectivity index (χ4v) is 3.59. The third kappa shape index (κ3) is 6.19. The highest BCUT2D eigenvalue weighted by Gasteiger charge is 2.21. The molecule has 0 radical (unpaired) electrons. The summed E-state index contributed by atoms with van der Waals surface area (Å²) in [6.45, 7) is 8.59. The molecule has 1 aromatic rings. The van der Waals surface area contributed by atoms with Crippen LogP contribution >= 0.6 is 0 Å². The van der Waals surface area contributed by atoms with Gasteiger partial charge in [-0.05, 0) is 5.56 Å². The first kappa shape index (κ1) is 19.6. The number of carbonyl (C=O) groups is 2. The average Bonchev–Trinajstić information content (AvgIpc) is 2.74. The van der Waals surface area contributed by atoms with E-state index in [4.69, 9.17) is 0 Å². The quantitative estimate of drug-likeness (QED) is 0.672. The molecule has 0 spiro atoms. The minimum absolute atomic E-state index is 0.216. The van der Waals surface area contributed by atoms with E-state index in [9.17, 15) is 9.59 Å². The largest absolute Gasteiger partial charge is 0.342 e. The Morgan fingerprint density at radius 3 is 2.22 bits per heavy atom. The van der Waals surface area contributed by atoms with Gasteiger partial charge in [0.15, 0.2) is 0 Å². The summed E-state index contributed by atoms with van der Waals surface area (Å²) >= 11 is 0. The maximum absolute atomic E-state index is 12.3. The summed E-state index contributed by atoms with van der Waals surface area (Å²) < 4.78 is 0. The van der Waals surface area contributed by atoms with Gasteiger partial charge in [0.25, 0.3) is 0 Å². The molecule has 1 aromatic carbocycles. The fourth-order valence-electron chi connectivity index (χ4n) is 3.59. The molecule has 0 aliphatic carbocycles. The number of hydrogen-bond donors (Lipinski definition) is 0. The van der Waals surface area contributed by atoms with Crippen LogP contribution in [0.4, 0.5) is 0 Å². The molecule has 0 saturated carbocycles. The van der Waals surface area contributed by atoms with Crippen LogP contribution in [0, 0.1) is 0 Å². The van der Waals surface area contributed by atoms with Crippen LogP contribution in [0.25, 0.3) is 6.08 Å². The molecular weight excluding hydrogens is 340 g/mol. The van der Waals surface area contributed by atoms with E-state index in [2.05, 4.69) is 46.2 Å². The van der Waals surface area contributed by atoms with Crippen molar-refractivity contribution in [3.8, 4) is 0 Å². The fraction of sp³-hybridized carbons (Fsp3) is 0.524. The van der Waals surface area contributed by atoms with Gasteiger partial charge >= 0.3 is 0 Å². The van der Waals surface area contributed by atoms with Gasteiger partial charge in [0.05, 0.1) is 0 Å². The Morgan fingerprint density at radius 2 is 1.56 bits per heavy atom. The van der Waals surface area contributed by atoms with Gasteiger partial charge in [-0.15, -0.1) is 0 Å². The molecule has 2 heterocycles. The molecule has 2 amide bonds. The Bertz CT molecular complexity index is 618. The highest BCUT2D eigenvalue weighted by atomic mass is 16.2. The van der Waals surface area contributed by atoms with Gasteiger partial charge in [-0.2, -0.15) is 0 Å². The van der Waals surface area contributed by atoms with Crippen LogP contribution in [0.2, 0.25) is 0 Å². The van der Waals surface area contributed by atoms with Crippen molar-refractivity contribution in [2.45, 2.75) is 6.42 Å². The van der Waals surface area contributed by atoms with E-state index < -0.39 is 0 Å². The summed E-state index contributed by atoms with van der Waals surface area (Å²) in [5.74, 6) is 0.216. The third-order valence-corrected chi connectivity index (χ3v) is 5.40. The molecule has 6 nitrogen and oxygen atoms in total. The number of nitrogens with zero attached hydrogens (tertiary/aromatic N) is 4. The normalized spacial score (nSPS) is 19.6. The molecule has 2 aliphatic heterocycles. The second-order valence-corrected chi connectivity index (χ2v) is 7.23. The number of amides is 2. The molecule has 146 valence electrons. The van der Waals surface area contributed by atoms with E-state index >= 15 is 0 Å². The Kier molecular flexibility index (Phi) is 7.42. The first-order chi connectivity index (χ1) is 13.2. The first-order valence-corrected chi connectivity index (χ1v) is 9.88. The molecule has 0 bridgehead atoms. The lowest BCUT2D eigenvalue weighted by Gasteiger charge is -2.35. The van der Waals surface area contributed by atoms with Crippen LogP contribution in [-0.2, 0) is 9.59 Å². The lowest BCUT2D eigenvalue weighted by atomic mass is 10.2. The van der Waals surface area contributed by atoms with Crippen LogP contribution in [0.15, 0.2) is 36.4 Å². The van der Waals surface area contributed by atoms with Crippen molar-refractivity contribution in [1.82, 2.24) is 19.6 Å². The van der Waals surface area contributed by atoms with Gasteiger partial charge in [-0.3, -0.25) is 14.5 Å². The minimum Gasteiger partial charge on any atom is -0.342 e. The topological polar surface area (TPSA) is 47.1 Å². The predicted octanol–water partition coefficient (Wildman–Crippen LogP) is 1.01. The van der Waals surface area contributed by atoms with Crippen LogP contribution in [-0.4, -0.2) is 97.4 Å². The molecule has 0 aromatic heterocycles. The van der Waals surface area contributed by atoms with Crippen molar-refractivity contribution in [2.75, 3.05) is 65.4 Å². The number of carbonyl (C=O) groups excluding carboxylic acids is 2. The lowest BCUT2D eigenvalue weighted by Crippen LogP contribution is -2.50. The Morgan fingerprint density at radius 1 is 0.889 bits per heavy atom. The van der Waals surface area contributed by atoms with Crippen LogP contribution in [0.1, 0.15) is 12.0 Å². The summed E-state index contributed by atoms with van der Waals surface area (Å²) in [7, 11) is 0. The monoisotopic (exact) mass is 370 g/mol. The Balaban J connectivity index is 1.31. The Hall–Kier alpha value is -2.18. The Labute approximate surface area is 162 Å². The van der Waals surface area contributed by atoms with Gasteiger partial charge in [-0.25, -0.2) is 0 Å². The highest BCUT2D eigenvalue weighted by Crippen LogP contribution is 2.07. The van der Waals surface area contributed by atoms with Crippen molar-refractivity contribution in [3.63, 3.8) is 0 Å². The van der Waals surface area contributed by atoms with Gasteiger partial charge in [0.2, 0.25) is 12.3 Å². The van der Waals surface area contributed by atoms with E-state index in [0.29, 0.717) is 32.6 Å². The lowest BCUT2D eigenvalue weighted by molar-refractivity contribution is -0.135. The van der Waals surface area contributed by atoms with Crippen molar-refractivity contribution < 1.29 is 9.59 Å². The zero-order valence-corrected chi connectivity index (χ0v) is 16.0. The number of piperazine rings is 2. The second kappa shape index (κ2) is 10.2. The number of benzene rings is 1. The first-order valence-electron chi connectivity index (χ1n) is 9.88. The van der Waals surface area contributed by atoms with Crippen LogP contribution in [0.3, 0.4) is 0 Å². The zero-order valence-electron chi connectivity index (χ0n) is 16.0. The summed E-state index contributed by atoms with van der Waals surface area (Å²) in [4.78, 5) is 31.6. The standard InChI is InChI=1S/C21H30N4O2/c26-19-24-15-17-25(18-16-24)21(27)8-10-23-13-11-22(12-14-23)9-4-7-20-5-2-1-3-6-20/h1-7,19H,8-18H2/b7-4+. The van der Waals surface area contributed by atoms with Crippen LogP contribution < -0.4 is 0 Å². The summed E-state index contributed by atoms with van der Waals surface area (Å²) in [5, 5.41) is 0. The van der Waals surface area contributed by atoms with Crippen molar-refractivity contribution in [3.05, 3.63) is 42.0 Å². The molecule has 2 saturated heterocycles. The SMILES string of the molecule is O=CN1CCN(C(=O)CCN2CCN(C/C=C/c3ccccc3)CC2)CC1. The predicted molar refractivity (Wildman–Crippen MR) is 107 cm³/mol. The minimum atomic E-state index is 0.216. The highest BCUT2D eigenvalue weighted by molar-refractivity contribution is 5.76. The van der Waals surface area contributed by atoms with Crippen molar-refractivity contribution in [1.29, 1.82) is 0 Å². The summed E-state index contributed by atoms with van der Waals surface area (Å²) in [6.07, 6.45) is 5.86. The average molecular weight is 370 g/mol. The van der Waals surface area contributed by atoms with Gasteiger partial charge in [0.1, 0.15) is 0 Å². The van der Waals surface area contributed by atoms with Crippen LogP contribution in [0.5, 0.6) is 0 Å². The third-order valence-electron chi connectivity index (χ3n) is 5.40. The van der Waals surface area contributed by atoms with E-state index in [1.54, 1.807) is 4.90 Å². The molecule has 2 fully saturated rings.